The van der Waals surface area contributed by atoms with Gasteiger partial charge in [-0.05, 0) is 56.0 Å². The summed E-state index contributed by atoms with van der Waals surface area (Å²) < 4.78 is 29.8. The molecule has 2 aliphatic rings. The van der Waals surface area contributed by atoms with Crippen LogP contribution in [0.1, 0.15) is 37.3 Å². The number of aliphatic carboxylic acids is 1. The molecule has 2 saturated heterocycles. The number of carbonyl (C=O) groups is 2. The third kappa shape index (κ3) is 4.13. The third-order valence-corrected chi connectivity index (χ3v) is 6.58. The van der Waals surface area contributed by atoms with E-state index in [0.717, 1.165) is 18.6 Å². The van der Waals surface area contributed by atoms with E-state index in [2.05, 4.69) is 15.4 Å². The lowest BCUT2D eigenvalue weighted by atomic mass is 9.97. The molecule has 9 nitrogen and oxygen atoms in total. The summed E-state index contributed by atoms with van der Waals surface area (Å²) in [5.74, 6) is -1.28. The van der Waals surface area contributed by atoms with Gasteiger partial charge in [0.05, 0.1) is 18.2 Å². The van der Waals surface area contributed by atoms with E-state index >= 15 is 0 Å². The van der Waals surface area contributed by atoms with E-state index in [1.807, 2.05) is 4.90 Å². The Labute approximate surface area is 194 Å². The van der Waals surface area contributed by atoms with Gasteiger partial charge in [-0.25, -0.2) is 18.6 Å². The Morgan fingerprint density at radius 3 is 2.62 bits per heavy atom. The number of carboxylic acids is 1. The monoisotopic (exact) mass is 470 g/mol. The second-order valence-corrected chi connectivity index (χ2v) is 8.65. The highest BCUT2D eigenvalue weighted by Crippen LogP contribution is 2.36. The lowest BCUT2D eigenvalue weighted by molar-refractivity contribution is -0.143. The molecule has 3 aromatic rings. The largest absolute Gasteiger partial charge is 0.481 e. The molecular formula is C23H24F2N6O3. The summed E-state index contributed by atoms with van der Waals surface area (Å²) in [4.78, 5) is 31.7. The molecule has 2 amide bonds. The Morgan fingerprint density at radius 2 is 1.85 bits per heavy atom. The number of carbonyl (C=O) groups excluding carboxylic acids is 1. The fraction of sp³-hybridized carbons (Fsp3) is 0.391. The summed E-state index contributed by atoms with van der Waals surface area (Å²) in [5.41, 5.74) is 0.819. The van der Waals surface area contributed by atoms with Crippen LogP contribution < -0.4 is 10.2 Å². The van der Waals surface area contributed by atoms with Crippen molar-refractivity contribution in [3.63, 3.8) is 0 Å². The first kappa shape index (κ1) is 22.1. The van der Waals surface area contributed by atoms with Gasteiger partial charge in [0.2, 0.25) is 0 Å². The molecule has 0 bridgehead atoms. The number of fused-ring (bicyclic) bond motifs is 1. The van der Waals surface area contributed by atoms with E-state index in [9.17, 15) is 18.4 Å². The lowest BCUT2D eigenvalue weighted by Gasteiger charge is -2.30. The lowest BCUT2D eigenvalue weighted by Crippen LogP contribution is -2.42. The van der Waals surface area contributed by atoms with Gasteiger partial charge in [0.25, 0.3) is 0 Å². The summed E-state index contributed by atoms with van der Waals surface area (Å²) in [6.45, 7) is 1.34. The first-order chi connectivity index (χ1) is 16.4. The van der Waals surface area contributed by atoms with Gasteiger partial charge in [-0.15, -0.1) is 5.10 Å². The van der Waals surface area contributed by atoms with Crippen molar-refractivity contribution in [1.29, 1.82) is 0 Å². The predicted molar refractivity (Wildman–Crippen MR) is 120 cm³/mol. The summed E-state index contributed by atoms with van der Waals surface area (Å²) in [6.07, 6.45) is 3.79. The quantitative estimate of drug-likeness (QED) is 0.603. The van der Waals surface area contributed by atoms with E-state index in [4.69, 9.17) is 5.11 Å². The van der Waals surface area contributed by atoms with Gasteiger partial charge >= 0.3 is 12.0 Å². The van der Waals surface area contributed by atoms with Gasteiger partial charge in [0.1, 0.15) is 17.5 Å². The van der Waals surface area contributed by atoms with Crippen LogP contribution in [-0.2, 0) is 4.79 Å². The van der Waals surface area contributed by atoms with Gasteiger partial charge in [0.15, 0.2) is 11.5 Å². The number of urea groups is 1. The van der Waals surface area contributed by atoms with E-state index in [0.29, 0.717) is 61.7 Å². The van der Waals surface area contributed by atoms with Gasteiger partial charge in [-0.1, -0.05) is 0 Å². The molecule has 1 unspecified atom stereocenters. The SMILES string of the molecule is O=C(O)C1CCN(C(=O)Nc2cnc3ccc(N4CCCC4c4cc(F)ccc4F)nn23)CC1. The Bertz CT molecular complexity index is 1240. The first-order valence-electron chi connectivity index (χ1n) is 11.3. The number of benzene rings is 1. The van der Waals surface area contributed by atoms with Crippen LogP contribution in [0.15, 0.2) is 36.5 Å². The molecule has 0 saturated carbocycles. The smallest absolute Gasteiger partial charge is 0.323 e. The number of piperidine rings is 1. The molecule has 1 atom stereocenters. The average Bonchev–Trinajstić information content (AvgIpc) is 3.48. The first-order valence-corrected chi connectivity index (χ1v) is 11.3. The normalized spacial score (nSPS) is 19.1. The molecule has 0 aliphatic carbocycles. The van der Waals surface area contributed by atoms with Crippen LogP contribution >= 0.6 is 0 Å². The van der Waals surface area contributed by atoms with Crippen molar-refractivity contribution in [1.82, 2.24) is 19.5 Å². The van der Waals surface area contributed by atoms with Gasteiger partial charge in [-0.3, -0.25) is 10.1 Å². The molecule has 2 fully saturated rings. The number of carboxylic acid groups (broad SMARTS) is 1. The predicted octanol–water partition coefficient (Wildman–Crippen LogP) is 3.68. The minimum Gasteiger partial charge on any atom is -0.481 e. The van der Waals surface area contributed by atoms with Crippen molar-refractivity contribution >= 4 is 29.3 Å². The number of hydrogen-bond acceptors (Lipinski definition) is 5. The van der Waals surface area contributed by atoms with Gasteiger partial charge in [0, 0.05) is 25.2 Å². The van der Waals surface area contributed by atoms with Crippen LogP contribution in [0.3, 0.4) is 0 Å². The molecule has 178 valence electrons. The topological polar surface area (TPSA) is 103 Å². The molecule has 0 radical (unpaired) electrons. The van der Waals surface area contributed by atoms with Crippen LogP contribution in [0, 0.1) is 17.6 Å². The number of aromatic nitrogens is 3. The zero-order chi connectivity index (χ0) is 23.8. The second kappa shape index (κ2) is 8.88. The second-order valence-electron chi connectivity index (χ2n) is 8.65. The van der Waals surface area contributed by atoms with Crippen molar-refractivity contribution in [2.24, 2.45) is 5.92 Å². The van der Waals surface area contributed by atoms with Gasteiger partial charge < -0.3 is 14.9 Å². The van der Waals surface area contributed by atoms with E-state index in [1.165, 1.54) is 16.8 Å². The number of likely N-dealkylation sites (tertiary alicyclic amines) is 1. The van der Waals surface area contributed by atoms with Crippen molar-refractivity contribution in [2.75, 3.05) is 29.9 Å². The number of hydrogen-bond donors (Lipinski definition) is 2. The van der Waals surface area contributed by atoms with Crippen LogP contribution in [0.2, 0.25) is 0 Å². The Hall–Kier alpha value is -3.76. The molecule has 34 heavy (non-hydrogen) atoms. The van der Waals surface area contributed by atoms with Crippen LogP contribution in [0.25, 0.3) is 5.65 Å². The number of anilines is 2. The highest BCUT2D eigenvalue weighted by atomic mass is 19.1. The molecular weight excluding hydrogens is 446 g/mol. The van der Waals surface area contributed by atoms with Crippen molar-refractivity contribution in [3.05, 3.63) is 53.7 Å². The Morgan fingerprint density at radius 1 is 1.06 bits per heavy atom. The number of rotatable bonds is 4. The minimum atomic E-state index is -0.836. The number of nitrogens with zero attached hydrogens (tertiary/aromatic N) is 5. The molecule has 4 heterocycles. The zero-order valence-corrected chi connectivity index (χ0v) is 18.3. The van der Waals surface area contributed by atoms with Gasteiger partial charge in [-0.2, -0.15) is 4.52 Å². The number of nitrogens with one attached hydrogen (secondary N) is 1. The molecule has 0 spiro atoms. The summed E-state index contributed by atoms with van der Waals surface area (Å²) in [7, 11) is 0. The summed E-state index contributed by atoms with van der Waals surface area (Å²) in [5, 5.41) is 16.6. The van der Waals surface area contributed by atoms with Crippen LogP contribution in [-0.4, -0.2) is 56.2 Å². The van der Waals surface area contributed by atoms with E-state index < -0.39 is 23.5 Å². The fourth-order valence-electron chi connectivity index (χ4n) is 4.75. The number of imidazole rings is 1. The number of halogens is 2. The van der Waals surface area contributed by atoms with E-state index in [-0.39, 0.29) is 12.1 Å². The van der Waals surface area contributed by atoms with Crippen molar-refractivity contribution in [2.45, 2.75) is 31.7 Å². The highest BCUT2D eigenvalue weighted by Gasteiger charge is 2.31. The standard InChI is InChI=1S/C23H24F2N6O3/c24-15-3-4-17(25)16(12-15)18-2-1-9-30(18)20-6-5-19-26-13-21(31(19)28-20)27-23(34)29-10-7-14(8-11-29)22(32)33/h3-6,12-14,18H,1-2,7-11H2,(H,27,34)(H,32,33). The Kier molecular flexibility index (Phi) is 5.76. The fourth-order valence-corrected chi connectivity index (χ4v) is 4.75. The maximum atomic E-state index is 14.5. The molecule has 2 aromatic heterocycles. The molecule has 1 aromatic carbocycles. The molecule has 2 N–H and O–H groups in total. The molecule has 2 aliphatic heterocycles. The summed E-state index contributed by atoms with van der Waals surface area (Å²) in [6, 6.07) is 6.31. The molecule has 5 rings (SSSR count). The maximum Gasteiger partial charge on any atom is 0.323 e. The molecule has 11 heteroatoms. The van der Waals surface area contributed by atoms with Crippen molar-refractivity contribution < 1.29 is 23.5 Å². The maximum absolute atomic E-state index is 14.5. The zero-order valence-electron chi connectivity index (χ0n) is 18.3. The minimum absolute atomic E-state index is 0.295. The van der Waals surface area contributed by atoms with Crippen LogP contribution in [0.5, 0.6) is 0 Å². The highest BCUT2D eigenvalue weighted by molar-refractivity contribution is 5.89. The average molecular weight is 470 g/mol. The number of amides is 2. The third-order valence-electron chi connectivity index (χ3n) is 6.58. The Balaban J connectivity index is 1.36. The van der Waals surface area contributed by atoms with Crippen molar-refractivity contribution in [3.8, 4) is 0 Å². The van der Waals surface area contributed by atoms with Crippen LogP contribution in [0.4, 0.5) is 25.2 Å². The summed E-state index contributed by atoms with van der Waals surface area (Å²) >= 11 is 0. The van der Waals surface area contributed by atoms with E-state index in [1.54, 1.807) is 17.0 Å².